The van der Waals surface area contributed by atoms with Crippen LogP contribution in [-0.2, 0) is 0 Å². The molecule has 0 amide bonds. The van der Waals surface area contributed by atoms with Gasteiger partial charge in [-0.1, -0.05) is 84.4 Å². The first-order valence-electron chi connectivity index (χ1n) is 9.67. The van der Waals surface area contributed by atoms with E-state index < -0.39 is 0 Å². The van der Waals surface area contributed by atoms with Gasteiger partial charge in [-0.05, 0) is 41.3 Å². The lowest BCUT2D eigenvalue weighted by atomic mass is 9.94. The number of halogens is 1. The molecule has 138 valence electrons. The van der Waals surface area contributed by atoms with Gasteiger partial charge in [0.15, 0.2) is 0 Å². The van der Waals surface area contributed by atoms with Crippen molar-refractivity contribution in [3.05, 3.63) is 95.0 Å². The van der Waals surface area contributed by atoms with Gasteiger partial charge in [0.2, 0.25) is 0 Å². The van der Waals surface area contributed by atoms with Crippen LogP contribution in [0.5, 0.6) is 0 Å². The number of rotatable bonds is 4. The van der Waals surface area contributed by atoms with Crippen LogP contribution >= 0.6 is 11.6 Å². The van der Waals surface area contributed by atoms with Gasteiger partial charge in [-0.2, -0.15) is 0 Å². The van der Waals surface area contributed by atoms with Crippen LogP contribution < -0.4 is 5.32 Å². The van der Waals surface area contributed by atoms with Gasteiger partial charge in [-0.25, -0.2) is 0 Å². The Morgan fingerprint density at radius 2 is 1.44 bits per heavy atom. The highest BCUT2D eigenvalue weighted by Crippen LogP contribution is 2.34. The average molecular weight is 377 g/mol. The molecule has 1 atom stereocenters. The van der Waals surface area contributed by atoms with Crippen LogP contribution in [0.1, 0.15) is 23.6 Å². The first-order chi connectivity index (χ1) is 13.3. The maximum atomic E-state index is 6.61. The summed E-state index contributed by atoms with van der Waals surface area (Å²) in [5.41, 5.74) is 4.98. The molecule has 1 heterocycles. The molecule has 1 saturated heterocycles. The Morgan fingerprint density at radius 1 is 0.741 bits per heavy atom. The molecular weight excluding hydrogens is 352 g/mol. The number of hydrogen-bond donors (Lipinski definition) is 1. The SMILES string of the molecule is Clc1ccccc1C(c1ccc(-c2ccccc2)cc1)N1CCCNCC1. The summed E-state index contributed by atoms with van der Waals surface area (Å²) in [6.07, 6.45) is 1.16. The fourth-order valence-electron chi connectivity index (χ4n) is 3.90. The minimum Gasteiger partial charge on any atom is -0.315 e. The Kier molecular flexibility index (Phi) is 5.88. The lowest BCUT2D eigenvalue weighted by Crippen LogP contribution is -2.33. The highest BCUT2D eigenvalue weighted by Gasteiger charge is 2.24. The molecule has 4 rings (SSSR count). The van der Waals surface area contributed by atoms with Gasteiger partial charge in [-0.3, -0.25) is 4.90 Å². The Morgan fingerprint density at radius 3 is 2.22 bits per heavy atom. The molecule has 3 aromatic rings. The topological polar surface area (TPSA) is 15.3 Å². The highest BCUT2D eigenvalue weighted by atomic mass is 35.5. The van der Waals surface area contributed by atoms with Crippen LogP contribution in [0.3, 0.4) is 0 Å². The Bertz CT molecular complexity index is 853. The average Bonchev–Trinajstić information content (AvgIpc) is 3.00. The second-order valence-corrected chi connectivity index (χ2v) is 7.46. The van der Waals surface area contributed by atoms with E-state index in [4.69, 9.17) is 11.6 Å². The predicted octanol–water partition coefficient (Wildman–Crippen LogP) is 5.39. The van der Waals surface area contributed by atoms with E-state index in [1.165, 1.54) is 22.3 Å². The van der Waals surface area contributed by atoms with E-state index in [0.29, 0.717) is 0 Å². The van der Waals surface area contributed by atoms with Crippen LogP contribution in [0.25, 0.3) is 11.1 Å². The molecule has 0 aliphatic carbocycles. The van der Waals surface area contributed by atoms with Crippen molar-refractivity contribution in [3.8, 4) is 11.1 Å². The monoisotopic (exact) mass is 376 g/mol. The van der Waals surface area contributed by atoms with Crippen molar-refractivity contribution in [3.63, 3.8) is 0 Å². The molecule has 3 heteroatoms. The Labute approximate surface area is 166 Å². The van der Waals surface area contributed by atoms with E-state index in [2.05, 4.69) is 76.9 Å². The molecule has 2 nitrogen and oxygen atoms in total. The van der Waals surface area contributed by atoms with Crippen molar-refractivity contribution in [1.29, 1.82) is 0 Å². The minimum absolute atomic E-state index is 0.184. The molecule has 0 saturated carbocycles. The fourth-order valence-corrected chi connectivity index (χ4v) is 4.14. The number of nitrogens with one attached hydrogen (secondary N) is 1. The molecule has 3 aromatic carbocycles. The number of nitrogens with zero attached hydrogens (tertiary/aromatic N) is 1. The summed E-state index contributed by atoms with van der Waals surface area (Å²) >= 11 is 6.61. The molecule has 0 bridgehead atoms. The molecule has 1 aliphatic heterocycles. The van der Waals surface area contributed by atoms with E-state index in [0.717, 1.165) is 37.6 Å². The molecule has 0 spiro atoms. The zero-order chi connectivity index (χ0) is 18.5. The van der Waals surface area contributed by atoms with Crippen molar-refractivity contribution < 1.29 is 0 Å². The first-order valence-corrected chi connectivity index (χ1v) is 10.1. The highest BCUT2D eigenvalue weighted by molar-refractivity contribution is 6.31. The summed E-state index contributed by atoms with van der Waals surface area (Å²) in [6, 6.07) is 27.9. The largest absolute Gasteiger partial charge is 0.315 e. The molecule has 1 aliphatic rings. The van der Waals surface area contributed by atoms with Gasteiger partial charge in [0.25, 0.3) is 0 Å². The van der Waals surface area contributed by atoms with E-state index in [1.54, 1.807) is 0 Å². The Hall–Kier alpha value is -2.13. The van der Waals surface area contributed by atoms with Gasteiger partial charge in [-0.15, -0.1) is 0 Å². The third-order valence-corrected chi connectivity index (χ3v) is 5.62. The zero-order valence-corrected chi connectivity index (χ0v) is 16.2. The molecule has 1 unspecified atom stereocenters. The van der Waals surface area contributed by atoms with Crippen molar-refractivity contribution >= 4 is 11.6 Å². The zero-order valence-electron chi connectivity index (χ0n) is 15.4. The van der Waals surface area contributed by atoms with Crippen LogP contribution in [0.2, 0.25) is 5.02 Å². The molecule has 0 aromatic heterocycles. The van der Waals surface area contributed by atoms with Crippen LogP contribution in [0, 0.1) is 0 Å². The molecule has 0 radical (unpaired) electrons. The minimum atomic E-state index is 0.184. The summed E-state index contributed by atoms with van der Waals surface area (Å²) in [5.74, 6) is 0. The maximum Gasteiger partial charge on any atom is 0.0616 e. The van der Waals surface area contributed by atoms with Gasteiger partial charge in [0.1, 0.15) is 0 Å². The number of hydrogen-bond acceptors (Lipinski definition) is 2. The first kappa shape index (κ1) is 18.2. The van der Waals surface area contributed by atoms with E-state index >= 15 is 0 Å². The lowest BCUT2D eigenvalue weighted by molar-refractivity contribution is 0.241. The molecule has 1 N–H and O–H groups in total. The third-order valence-electron chi connectivity index (χ3n) is 5.27. The fraction of sp³-hybridized carbons (Fsp3) is 0.250. The summed E-state index contributed by atoms with van der Waals surface area (Å²) in [4.78, 5) is 2.55. The maximum absolute atomic E-state index is 6.61. The smallest absolute Gasteiger partial charge is 0.0616 e. The second kappa shape index (κ2) is 8.71. The summed E-state index contributed by atoms with van der Waals surface area (Å²) < 4.78 is 0. The number of benzene rings is 3. The third kappa shape index (κ3) is 4.24. The Balaban J connectivity index is 1.71. The second-order valence-electron chi connectivity index (χ2n) is 7.05. The molecular formula is C24H25ClN2. The van der Waals surface area contributed by atoms with Crippen molar-refractivity contribution in [1.82, 2.24) is 10.2 Å². The van der Waals surface area contributed by atoms with Crippen LogP contribution in [-0.4, -0.2) is 31.1 Å². The van der Waals surface area contributed by atoms with Gasteiger partial charge in [0.05, 0.1) is 6.04 Å². The lowest BCUT2D eigenvalue weighted by Gasteiger charge is -2.32. The molecule has 1 fully saturated rings. The quantitative estimate of drug-likeness (QED) is 0.656. The van der Waals surface area contributed by atoms with Gasteiger partial charge in [0, 0.05) is 24.7 Å². The van der Waals surface area contributed by atoms with Gasteiger partial charge < -0.3 is 5.32 Å². The summed E-state index contributed by atoms with van der Waals surface area (Å²) in [5, 5.41) is 4.35. The van der Waals surface area contributed by atoms with Crippen LogP contribution in [0.4, 0.5) is 0 Å². The van der Waals surface area contributed by atoms with Crippen molar-refractivity contribution in [2.24, 2.45) is 0 Å². The summed E-state index contributed by atoms with van der Waals surface area (Å²) in [7, 11) is 0. The van der Waals surface area contributed by atoms with Crippen molar-refractivity contribution in [2.75, 3.05) is 26.2 Å². The van der Waals surface area contributed by atoms with E-state index in [9.17, 15) is 0 Å². The standard InChI is InChI=1S/C24H25ClN2/c25-23-10-5-4-9-22(23)24(27-17-6-15-26-16-18-27)21-13-11-20(12-14-21)19-7-2-1-3-8-19/h1-5,7-14,24,26H,6,15-18H2. The normalized spacial score (nSPS) is 16.6. The van der Waals surface area contributed by atoms with Crippen molar-refractivity contribution in [2.45, 2.75) is 12.5 Å². The van der Waals surface area contributed by atoms with Crippen LogP contribution in [0.15, 0.2) is 78.9 Å². The summed E-state index contributed by atoms with van der Waals surface area (Å²) in [6.45, 7) is 4.20. The molecule has 27 heavy (non-hydrogen) atoms. The van der Waals surface area contributed by atoms with E-state index in [1.807, 2.05) is 12.1 Å². The van der Waals surface area contributed by atoms with Gasteiger partial charge >= 0.3 is 0 Å². The predicted molar refractivity (Wildman–Crippen MR) is 114 cm³/mol. The van der Waals surface area contributed by atoms with E-state index in [-0.39, 0.29) is 6.04 Å².